The van der Waals surface area contributed by atoms with Gasteiger partial charge in [0.25, 0.3) is 0 Å². The van der Waals surface area contributed by atoms with Gasteiger partial charge in [0, 0.05) is 6.54 Å². The van der Waals surface area contributed by atoms with E-state index in [0.717, 1.165) is 6.42 Å². The average molecular weight is 358 g/mol. The fourth-order valence-electron chi connectivity index (χ4n) is 2.43. The summed E-state index contributed by atoms with van der Waals surface area (Å²) < 4.78 is 15.0. The molecule has 1 aliphatic heterocycles. The molecule has 1 aliphatic rings. The molecule has 25 heavy (non-hydrogen) atoms. The first-order chi connectivity index (χ1) is 11.3. The van der Waals surface area contributed by atoms with Crippen LogP contribution >= 0.6 is 0 Å². The largest absolute Gasteiger partial charge is 0.516 e. The van der Waals surface area contributed by atoms with Gasteiger partial charge in [0.2, 0.25) is 0 Å². The number of carbonyl (C=O) groups is 3. The summed E-state index contributed by atoms with van der Waals surface area (Å²) in [6.07, 6.45) is 0.000731. The Kier molecular flexibility index (Phi) is 6.82. The number of hydrogen-bond acceptors (Lipinski definition) is 7. The van der Waals surface area contributed by atoms with E-state index in [2.05, 4.69) is 10.6 Å². The van der Waals surface area contributed by atoms with E-state index in [9.17, 15) is 14.4 Å². The molecule has 1 fully saturated rings. The molecule has 0 unspecified atom stereocenters. The van der Waals surface area contributed by atoms with Crippen molar-refractivity contribution in [1.82, 2.24) is 10.6 Å². The molecule has 0 aromatic carbocycles. The number of alkyl carbamates (subject to hydrolysis) is 1. The maximum atomic E-state index is 12.4. The zero-order valence-electron chi connectivity index (χ0n) is 16.0. The molecule has 2 N–H and O–H groups in total. The maximum absolute atomic E-state index is 12.4. The molecule has 0 spiro atoms. The van der Waals surface area contributed by atoms with Crippen molar-refractivity contribution in [3.63, 3.8) is 0 Å². The van der Waals surface area contributed by atoms with Crippen LogP contribution in [0.4, 0.5) is 9.59 Å². The van der Waals surface area contributed by atoms with Gasteiger partial charge in [-0.1, -0.05) is 0 Å². The van der Waals surface area contributed by atoms with Gasteiger partial charge in [0.1, 0.15) is 16.7 Å². The number of nitrogens with one attached hydrogen (secondary N) is 2. The summed E-state index contributed by atoms with van der Waals surface area (Å²) in [6, 6.07) is 0. The lowest BCUT2D eigenvalue weighted by Gasteiger charge is -2.27. The fraction of sp³-hybridized carbons (Fsp3) is 0.824. The Morgan fingerprint density at radius 2 is 1.64 bits per heavy atom. The first kappa shape index (κ1) is 21.2. The third-order valence-electron chi connectivity index (χ3n) is 3.42. The molecule has 0 aromatic heterocycles. The quantitative estimate of drug-likeness (QED) is 0.588. The van der Waals surface area contributed by atoms with Crippen molar-refractivity contribution in [3.8, 4) is 0 Å². The van der Waals surface area contributed by atoms with Crippen molar-refractivity contribution in [2.24, 2.45) is 0 Å². The fourth-order valence-corrected chi connectivity index (χ4v) is 2.43. The highest BCUT2D eigenvalue weighted by atomic mass is 16.7. The Balaban J connectivity index is 2.57. The van der Waals surface area contributed by atoms with Crippen molar-refractivity contribution < 1.29 is 28.6 Å². The van der Waals surface area contributed by atoms with Crippen molar-refractivity contribution in [3.05, 3.63) is 0 Å². The van der Waals surface area contributed by atoms with E-state index in [1.54, 1.807) is 41.5 Å². The topological polar surface area (TPSA) is 103 Å². The number of rotatable bonds is 4. The van der Waals surface area contributed by atoms with Crippen molar-refractivity contribution in [2.45, 2.75) is 77.5 Å². The third-order valence-corrected chi connectivity index (χ3v) is 3.42. The Morgan fingerprint density at radius 1 is 1.04 bits per heavy atom. The van der Waals surface area contributed by atoms with E-state index < -0.39 is 35.0 Å². The molecule has 1 atom stereocenters. The molecule has 1 heterocycles. The van der Waals surface area contributed by atoms with Gasteiger partial charge in [-0.05, 0) is 67.3 Å². The van der Waals surface area contributed by atoms with Gasteiger partial charge in [-0.25, -0.2) is 14.4 Å². The summed E-state index contributed by atoms with van der Waals surface area (Å²) in [4.78, 5) is 35.9. The van der Waals surface area contributed by atoms with Gasteiger partial charge in [-0.15, -0.1) is 0 Å². The predicted octanol–water partition coefficient (Wildman–Crippen LogP) is 2.50. The minimum absolute atomic E-state index is 0.214. The van der Waals surface area contributed by atoms with E-state index in [1.807, 2.05) is 0 Å². The van der Waals surface area contributed by atoms with Crippen LogP contribution in [0.5, 0.6) is 0 Å². The zero-order valence-corrected chi connectivity index (χ0v) is 16.0. The van der Waals surface area contributed by atoms with Crippen LogP contribution in [-0.4, -0.2) is 48.0 Å². The smallest absolute Gasteiger partial charge is 0.444 e. The van der Waals surface area contributed by atoms with Crippen LogP contribution < -0.4 is 10.6 Å². The Labute approximate surface area is 148 Å². The molecule has 1 saturated heterocycles. The van der Waals surface area contributed by atoms with Crippen LogP contribution in [0.3, 0.4) is 0 Å². The highest BCUT2D eigenvalue weighted by Crippen LogP contribution is 2.25. The zero-order chi connectivity index (χ0) is 19.3. The molecular weight excluding hydrogens is 328 g/mol. The molecule has 0 bridgehead atoms. The van der Waals surface area contributed by atoms with E-state index in [0.29, 0.717) is 13.0 Å². The first-order valence-electron chi connectivity index (χ1n) is 8.50. The van der Waals surface area contributed by atoms with Crippen LogP contribution in [0.2, 0.25) is 0 Å². The molecule has 0 aromatic rings. The van der Waals surface area contributed by atoms with E-state index >= 15 is 0 Å². The third kappa shape index (κ3) is 7.72. The molecule has 1 amide bonds. The van der Waals surface area contributed by atoms with Gasteiger partial charge in [-0.2, -0.15) is 0 Å². The van der Waals surface area contributed by atoms with Gasteiger partial charge in [-0.3, -0.25) is 0 Å². The van der Waals surface area contributed by atoms with Crippen LogP contribution in [0, 0.1) is 0 Å². The van der Waals surface area contributed by atoms with Crippen LogP contribution in [0.25, 0.3) is 0 Å². The lowest BCUT2D eigenvalue weighted by atomic mass is 9.93. The number of carbonyl (C=O) groups excluding carboxylic acids is 3. The number of amides is 1. The van der Waals surface area contributed by atoms with Gasteiger partial charge in [0.15, 0.2) is 0 Å². The summed E-state index contributed by atoms with van der Waals surface area (Å²) in [5.41, 5.74) is -2.35. The van der Waals surface area contributed by atoms with Gasteiger partial charge >= 0.3 is 18.2 Å². The molecule has 0 saturated carbocycles. The number of ether oxygens (including phenoxy) is 3. The van der Waals surface area contributed by atoms with Crippen LogP contribution in [0.1, 0.15) is 60.8 Å². The summed E-state index contributed by atoms with van der Waals surface area (Å²) in [7, 11) is 0. The Morgan fingerprint density at radius 3 is 2.12 bits per heavy atom. The summed E-state index contributed by atoms with van der Waals surface area (Å²) in [6.45, 7) is 11.2. The van der Waals surface area contributed by atoms with Crippen LogP contribution in [-0.2, 0) is 19.0 Å². The summed E-state index contributed by atoms with van der Waals surface area (Å²) >= 11 is 0. The second-order valence-electron chi connectivity index (χ2n) is 8.15. The van der Waals surface area contributed by atoms with E-state index in [-0.39, 0.29) is 13.0 Å². The molecule has 1 rings (SSSR count). The first-order valence-corrected chi connectivity index (χ1v) is 8.50. The Hall–Kier alpha value is -1.83. The van der Waals surface area contributed by atoms with Crippen molar-refractivity contribution >= 4 is 18.2 Å². The van der Waals surface area contributed by atoms with Crippen molar-refractivity contribution in [1.29, 1.82) is 0 Å². The monoisotopic (exact) mass is 358 g/mol. The number of esters is 1. The maximum Gasteiger partial charge on any atom is 0.516 e. The summed E-state index contributed by atoms with van der Waals surface area (Å²) in [5, 5.41) is 5.70. The lowest BCUT2D eigenvalue weighted by Crippen LogP contribution is -2.51. The minimum Gasteiger partial charge on any atom is -0.444 e. The molecule has 144 valence electrons. The molecule has 8 heteroatoms. The van der Waals surface area contributed by atoms with E-state index in [4.69, 9.17) is 14.2 Å². The second kappa shape index (κ2) is 8.03. The van der Waals surface area contributed by atoms with Gasteiger partial charge < -0.3 is 24.8 Å². The molecule has 0 radical (unpaired) electrons. The highest BCUT2D eigenvalue weighted by molar-refractivity contribution is 5.89. The minimum atomic E-state index is -1.02. The summed E-state index contributed by atoms with van der Waals surface area (Å²) in [5.74, 6) is -0.690. The second-order valence-corrected chi connectivity index (χ2v) is 8.15. The SMILES string of the molecule is CC(C)(C)OC(=O)NCC[C@@]1(C(=O)OC(=O)OC(C)(C)C)CCCN1. The van der Waals surface area contributed by atoms with Gasteiger partial charge in [0.05, 0.1) is 0 Å². The standard InChI is InChI=1S/C17H30N2O6/c1-15(2,3)24-13(21)18-11-9-17(8-7-10-19-17)12(20)23-14(22)25-16(4,5)6/h19H,7-11H2,1-6H3,(H,18,21)/t17-/m1/s1. The average Bonchev–Trinajstić information content (AvgIpc) is 2.84. The molecule has 8 nitrogen and oxygen atoms in total. The molecule has 0 aliphatic carbocycles. The van der Waals surface area contributed by atoms with Crippen LogP contribution in [0.15, 0.2) is 0 Å². The Bertz CT molecular complexity index is 498. The number of hydrogen-bond donors (Lipinski definition) is 2. The van der Waals surface area contributed by atoms with E-state index in [1.165, 1.54) is 0 Å². The highest BCUT2D eigenvalue weighted by Gasteiger charge is 2.43. The lowest BCUT2D eigenvalue weighted by molar-refractivity contribution is -0.149. The predicted molar refractivity (Wildman–Crippen MR) is 91.1 cm³/mol. The van der Waals surface area contributed by atoms with Crippen molar-refractivity contribution in [2.75, 3.05) is 13.1 Å². The molecular formula is C17H30N2O6. The normalized spacial score (nSPS) is 20.7.